The number of hydrogen-bond donors (Lipinski definition) is 5. The van der Waals surface area contributed by atoms with E-state index in [0.717, 1.165) is 11.3 Å². The van der Waals surface area contributed by atoms with Crippen LogP contribution < -0.4 is 50.6 Å². The Bertz CT molecular complexity index is 2190. The molecule has 6 aromatic carbocycles. The van der Waals surface area contributed by atoms with E-state index in [1.807, 2.05) is 44.2 Å². The van der Waals surface area contributed by atoms with E-state index in [1.165, 1.54) is 5.56 Å². The molecule has 0 heterocycles. The SMILES string of the molecule is Cc1cccc(Nc2ccccc2C(=O)O)c1C.O=C(O)Cc1ccccc1Nc1c(Cl)cccc1Cl.O=C([O-])Cc1ccccc1Nc1c(Cl)cccc1Cl.[Na+]. The maximum Gasteiger partial charge on any atom is 1.00 e. The first-order valence-electron chi connectivity index (χ1n) is 16.9. The van der Waals surface area contributed by atoms with Crippen LogP contribution in [0.3, 0.4) is 0 Å². The summed E-state index contributed by atoms with van der Waals surface area (Å²) >= 11 is 24.3. The van der Waals surface area contributed by atoms with Gasteiger partial charge in [-0.15, -0.1) is 0 Å². The molecular weight excluding hydrogens is 819 g/mol. The van der Waals surface area contributed by atoms with Crippen LogP contribution in [0.25, 0.3) is 0 Å². The van der Waals surface area contributed by atoms with Gasteiger partial charge in [-0.1, -0.05) is 119 Å². The number of carboxylic acids is 3. The number of para-hydroxylation sites is 5. The fourth-order valence-electron chi connectivity index (χ4n) is 5.23. The minimum Gasteiger partial charge on any atom is -0.550 e. The molecule has 0 atom stereocenters. The number of carboxylic acid groups (broad SMARTS) is 3. The number of anilines is 6. The van der Waals surface area contributed by atoms with Crippen LogP contribution in [0.1, 0.15) is 32.6 Å². The number of hydrogen-bond acceptors (Lipinski definition) is 7. The molecule has 0 aliphatic heterocycles. The molecule has 14 heteroatoms. The van der Waals surface area contributed by atoms with E-state index in [4.69, 9.17) is 56.6 Å². The standard InChI is InChI=1S/C15H15NO2.2C14H11Cl2NO2.Na/c1-10-6-5-9-13(11(10)2)16-14-8-4-3-7-12(14)15(17)18;2*15-10-5-3-6-11(16)14(10)17-12-7-2-1-4-9(12)8-13(18)19;/h3-9,16H,1-2H3,(H,17,18);2*1-7,17H,8H2,(H,18,19);/q;;;+1/p-1. The smallest absolute Gasteiger partial charge is 0.550 e. The fraction of sp³-hybridized carbons (Fsp3) is 0.0930. The van der Waals surface area contributed by atoms with Crippen LogP contribution in [0, 0.1) is 13.8 Å². The summed E-state index contributed by atoms with van der Waals surface area (Å²) in [5.41, 5.74) is 7.85. The number of aliphatic carboxylic acids is 2. The Hall–Kier alpha value is -4.71. The van der Waals surface area contributed by atoms with E-state index in [1.54, 1.807) is 97.1 Å². The quantitative estimate of drug-likeness (QED) is 0.0814. The van der Waals surface area contributed by atoms with Crippen molar-refractivity contribution in [3.05, 3.63) is 175 Å². The van der Waals surface area contributed by atoms with Gasteiger partial charge in [-0.2, -0.15) is 0 Å². The van der Waals surface area contributed by atoms with Crippen molar-refractivity contribution >= 4 is 98.4 Å². The van der Waals surface area contributed by atoms with Gasteiger partial charge in [-0.05, 0) is 90.7 Å². The van der Waals surface area contributed by atoms with Crippen LogP contribution in [0.15, 0.2) is 127 Å². The van der Waals surface area contributed by atoms with E-state index in [9.17, 15) is 19.5 Å². The Labute approximate surface area is 372 Å². The number of carbonyl (C=O) groups is 3. The van der Waals surface area contributed by atoms with Gasteiger partial charge in [-0.3, -0.25) is 4.79 Å². The third-order valence-corrected chi connectivity index (χ3v) is 9.45. The second-order valence-electron chi connectivity index (χ2n) is 12.1. The van der Waals surface area contributed by atoms with Crippen LogP contribution in [0.5, 0.6) is 0 Å². The Morgan fingerprint density at radius 3 is 1.39 bits per heavy atom. The van der Waals surface area contributed by atoms with E-state index < -0.39 is 17.9 Å². The third-order valence-electron chi connectivity index (χ3n) is 8.19. The average Bonchev–Trinajstić information content (AvgIpc) is 3.15. The van der Waals surface area contributed by atoms with Crippen LogP contribution >= 0.6 is 46.4 Å². The second kappa shape index (κ2) is 22.9. The molecule has 0 aliphatic carbocycles. The molecule has 9 nitrogen and oxygen atoms in total. The average molecular weight is 856 g/mol. The molecule has 6 rings (SSSR count). The van der Waals surface area contributed by atoms with Gasteiger partial charge in [0.05, 0.1) is 49.1 Å². The van der Waals surface area contributed by atoms with Gasteiger partial charge in [0.25, 0.3) is 0 Å². The van der Waals surface area contributed by atoms with E-state index in [0.29, 0.717) is 59.7 Å². The van der Waals surface area contributed by atoms with Crippen molar-refractivity contribution in [1.82, 2.24) is 0 Å². The van der Waals surface area contributed by atoms with Crippen LogP contribution in [-0.2, 0) is 22.4 Å². The monoisotopic (exact) mass is 853 g/mol. The number of rotatable bonds is 11. The summed E-state index contributed by atoms with van der Waals surface area (Å²) in [5, 5.41) is 40.0. The van der Waals surface area contributed by atoms with Gasteiger partial charge < -0.3 is 36.1 Å². The maximum atomic E-state index is 11.1. The summed E-state index contributed by atoms with van der Waals surface area (Å²) in [6, 6.07) is 37.3. The molecular formula is C43H36Cl4N3NaO6. The van der Waals surface area contributed by atoms with Crippen LogP contribution in [-0.4, -0.2) is 28.1 Å². The van der Waals surface area contributed by atoms with Crippen molar-refractivity contribution in [1.29, 1.82) is 0 Å². The topological polar surface area (TPSA) is 151 Å². The normalized spacial score (nSPS) is 10.0. The molecule has 0 spiro atoms. The summed E-state index contributed by atoms with van der Waals surface area (Å²) in [5.74, 6) is -2.96. The van der Waals surface area contributed by atoms with Crippen molar-refractivity contribution in [2.24, 2.45) is 0 Å². The first-order valence-corrected chi connectivity index (χ1v) is 18.4. The molecule has 0 bridgehead atoms. The zero-order chi connectivity index (χ0) is 40.8. The Kier molecular flexibility index (Phi) is 18.7. The van der Waals surface area contributed by atoms with Crippen molar-refractivity contribution < 1.29 is 59.3 Å². The number of nitrogens with one attached hydrogen (secondary N) is 3. The summed E-state index contributed by atoms with van der Waals surface area (Å²) in [6.07, 6.45) is -0.240. The maximum absolute atomic E-state index is 11.1. The van der Waals surface area contributed by atoms with Gasteiger partial charge in [0.15, 0.2) is 0 Å². The van der Waals surface area contributed by atoms with Crippen LogP contribution in [0.4, 0.5) is 34.1 Å². The third kappa shape index (κ3) is 14.0. The van der Waals surface area contributed by atoms with Crippen molar-refractivity contribution in [3.8, 4) is 0 Å². The molecule has 0 aromatic heterocycles. The second-order valence-corrected chi connectivity index (χ2v) is 13.7. The number of aromatic carboxylic acids is 1. The minimum atomic E-state index is -1.14. The first-order chi connectivity index (χ1) is 26.7. The fourth-order valence-corrected chi connectivity index (χ4v) is 6.21. The Morgan fingerprint density at radius 1 is 0.526 bits per heavy atom. The van der Waals surface area contributed by atoms with Crippen molar-refractivity contribution in [3.63, 3.8) is 0 Å². The molecule has 0 unspecified atom stereocenters. The summed E-state index contributed by atoms with van der Waals surface area (Å²) < 4.78 is 0. The predicted octanol–water partition coefficient (Wildman–Crippen LogP) is 8.14. The van der Waals surface area contributed by atoms with Gasteiger partial charge in [0, 0.05) is 29.5 Å². The molecule has 6 aromatic rings. The molecule has 0 saturated carbocycles. The minimum absolute atomic E-state index is 0. The first kappa shape index (κ1) is 46.7. The van der Waals surface area contributed by atoms with E-state index >= 15 is 0 Å². The van der Waals surface area contributed by atoms with Gasteiger partial charge in [0.2, 0.25) is 0 Å². The molecule has 5 N–H and O–H groups in total. The molecule has 0 aliphatic rings. The summed E-state index contributed by atoms with van der Waals surface area (Å²) in [4.78, 5) is 32.7. The molecule has 288 valence electrons. The number of aryl methyl sites for hydroxylation is 1. The number of halogens is 4. The number of benzene rings is 6. The van der Waals surface area contributed by atoms with Gasteiger partial charge in [-0.25, -0.2) is 4.79 Å². The zero-order valence-corrected chi connectivity index (χ0v) is 36.1. The Morgan fingerprint density at radius 2 is 0.930 bits per heavy atom. The molecule has 57 heavy (non-hydrogen) atoms. The summed E-state index contributed by atoms with van der Waals surface area (Å²) in [7, 11) is 0. The van der Waals surface area contributed by atoms with Gasteiger partial charge >= 0.3 is 41.5 Å². The summed E-state index contributed by atoms with van der Waals surface area (Å²) in [6.45, 7) is 4.05. The Balaban J connectivity index is 0.000000227. The van der Waals surface area contributed by atoms with Crippen molar-refractivity contribution in [2.45, 2.75) is 26.7 Å². The zero-order valence-electron chi connectivity index (χ0n) is 31.1. The van der Waals surface area contributed by atoms with E-state index in [2.05, 4.69) is 16.0 Å². The van der Waals surface area contributed by atoms with Crippen molar-refractivity contribution in [2.75, 3.05) is 16.0 Å². The van der Waals surface area contributed by atoms with Gasteiger partial charge in [0.1, 0.15) is 0 Å². The number of carbonyl (C=O) groups excluding carboxylic acids is 1. The largest absolute Gasteiger partial charge is 1.00 e. The molecule has 0 saturated heterocycles. The predicted molar refractivity (Wildman–Crippen MR) is 225 cm³/mol. The molecule has 0 radical (unpaired) electrons. The molecule has 0 fully saturated rings. The van der Waals surface area contributed by atoms with Crippen LogP contribution in [0.2, 0.25) is 20.1 Å². The molecule has 0 amide bonds. The van der Waals surface area contributed by atoms with E-state index in [-0.39, 0.29) is 48.0 Å².